The molecule has 7 rings (SSSR count). The summed E-state index contributed by atoms with van der Waals surface area (Å²) in [5, 5.41) is 7.34. The second kappa shape index (κ2) is 6.55. The van der Waals surface area contributed by atoms with Crippen LogP contribution in [0, 0.1) is 0 Å². The lowest BCUT2D eigenvalue weighted by molar-refractivity contribution is 0.444. The average molecular weight is 402 g/mol. The van der Waals surface area contributed by atoms with Gasteiger partial charge in [-0.05, 0) is 75.5 Å². The first-order valence-corrected chi connectivity index (χ1v) is 11.4. The van der Waals surface area contributed by atoms with Crippen molar-refractivity contribution in [3.63, 3.8) is 0 Å². The van der Waals surface area contributed by atoms with Crippen LogP contribution in [0.3, 0.4) is 0 Å². The fraction of sp³-hybridized carbons (Fsp3) is 0.207. The molecule has 0 unspecified atom stereocenters. The minimum atomic E-state index is 0.699. The summed E-state index contributed by atoms with van der Waals surface area (Å²) >= 11 is 0. The van der Waals surface area contributed by atoms with Crippen LogP contribution in [0.1, 0.15) is 43.6 Å². The summed E-state index contributed by atoms with van der Waals surface area (Å²) in [6, 6.07) is 24.2. The molecule has 2 nitrogen and oxygen atoms in total. The highest BCUT2D eigenvalue weighted by Gasteiger charge is 2.24. The van der Waals surface area contributed by atoms with Crippen LogP contribution < -0.4 is 4.74 Å². The third kappa shape index (κ3) is 2.61. The molecule has 0 amide bonds. The minimum Gasteiger partial charge on any atom is -0.456 e. The third-order valence-corrected chi connectivity index (χ3v) is 7.25. The summed E-state index contributed by atoms with van der Waals surface area (Å²) in [5.41, 5.74) is 3.60. The molecule has 0 spiro atoms. The Hall–Kier alpha value is -3.39. The molecule has 1 aromatic heterocycles. The molecule has 0 atom stereocenters. The molecule has 1 saturated carbocycles. The average Bonchev–Trinajstić information content (AvgIpc) is 2.83. The highest BCUT2D eigenvalue weighted by atomic mass is 16.5. The van der Waals surface area contributed by atoms with Crippen molar-refractivity contribution < 1.29 is 4.74 Å². The van der Waals surface area contributed by atoms with E-state index in [1.807, 2.05) is 6.20 Å². The van der Waals surface area contributed by atoms with Crippen molar-refractivity contribution in [2.24, 2.45) is 0 Å². The van der Waals surface area contributed by atoms with Crippen molar-refractivity contribution in [2.75, 3.05) is 0 Å². The SMILES string of the molecule is c1ccc2cc3c(cc2c1)Oc1cc2ccc(C4CCCCC4)cc2c2ccnc-3c12. The molecule has 0 N–H and O–H groups in total. The van der Waals surface area contributed by atoms with Gasteiger partial charge in [0.25, 0.3) is 0 Å². The largest absolute Gasteiger partial charge is 0.456 e. The highest BCUT2D eigenvalue weighted by molar-refractivity contribution is 6.16. The summed E-state index contributed by atoms with van der Waals surface area (Å²) in [5.74, 6) is 2.51. The molecule has 5 aromatic rings. The fourth-order valence-corrected chi connectivity index (χ4v) is 5.66. The molecule has 2 heterocycles. The quantitative estimate of drug-likeness (QED) is 0.258. The van der Waals surface area contributed by atoms with Crippen LogP contribution in [0.4, 0.5) is 0 Å². The van der Waals surface area contributed by atoms with Gasteiger partial charge in [0.1, 0.15) is 11.5 Å². The Morgan fingerprint density at radius 3 is 2.39 bits per heavy atom. The number of fused-ring (bicyclic) bond motifs is 5. The number of benzene rings is 4. The van der Waals surface area contributed by atoms with Gasteiger partial charge in [-0.2, -0.15) is 0 Å². The van der Waals surface area contributed by atoms with Crippen molar-refractivity contribution in [1.82, 2.24) is 4.98 Å². The topological polar surface area (TPSA) is 22.1 Å². The normalized spacial score (nSPS) is 15.9. The zero-order valence-electron chi connectivity index (χ0n) is 17.4. The Kier molecular flexibility index (Phi) is 3.66. The molecule has 31 heavy (non-hydrogen) atoms. The van der Waals surface area contributed by atoms with Crippen molar-refractivity contribution in [1.29, 1.82) is 0 Å². The zero-order valence-corrected chi connectivity index (χ0v) is 17.4. The van der Waals surface area contributed by atoms with Gasteiger partial charge in [0.2, 0.25) is 0 Å². The molecule has 4 aromatic carbocycles. The molecule has 0 radical (unpaired) electrons. The summed E-state index contributed by atoms with van der Waals surface area (Å²) in [6.07, 6.45) is 8.69. The smallest absolute Gasteiger partial charge is 0.138 e. The van der Waals surface area contributed by atoms with Gasteiger partial charge in [-0.15, -0.1) is 0 Å². The summed E-state index contributed by atoms with van der Waals surface area (Å²) in [6.45, 7) is 0. The predicted octanol–water partition coefficient (Wildman–Crippen LogP) is 8.36. The van der Waals surface area contributed by atoms with Gasteiger partial charge >= 0.3 is 0 Å². The summed E-state index contributed by atoms with van der Waals surface area (Å²) in [7, 11) is 0. The first-order valence-electron chi connectivity index (χ1n) is 11.4. The van der Waals surface area contributed by atoms with E-state index in [4.69, 9.17) is 9.72 Å². The van der Waals surface area contributed by atoms with Crippen LogP contribution >= 0.6 is 0 Å². The van der Waals surface area contributed by atoms with Gasteiger partial charge in [0.15, 0.2) is 0 Å². The first kappa shape index (κ1) is 17.3. The van der Waals surface area contributed by atoms with Crippen molar-refractivity contribution in [2.45, 2.75) is 38.0 Å². The van der Waals surface area contributed by atoms with Crippen molar-refractivity contribution in [3.8, 4) is 22.8 Å². The molecule has 2 aliphatic rings. The van der Waals surface area contributed by atoms with E-state index < -0.39 is 0 Å². The van der Waals surface area contributed by atoms with Gasteiger partial charge < -0.3 is 4.74 Å². The van der Waals surface area contributed by atoms with Crippen LogP contribution in [-0.4, -0.2) is 4.98 Å². The Labute approximate surface area is 181 Å². The number of rotatable bonds is 1. The van der Waals surface area contributed by atoms with E-state index in [1.54, 1.807) is 0 Å². The molecule has 150 valence electrons. The van der Waals surface area contributed by atoms with Gasteiger partial charge in [0, 0.05) is 11.8 Å². The zero-order chi connectivity index (χ0) is 20.4. The molecular weight excluding hydrogens is 378 g/mol. The highest BCUT2D eigenvalue weighted by Crippen LogP contribution is 2.49. The summed E-state index contributed by atoms with van der Waals surface area (Å²) in [4.78, 5) is 4.82. The second-order valence-electron chi connectivity index (χ2n) is 9.07. The number of pyridine rings is 1. The lowest BCUT2D eigenvalue weighted by Gasteiger charge is -2.24. The molecule has 0 bridgehead atoms. The van der Waals surface area contributed by atoms with Crippen LogP contribution in [0.25, 0.3) is 43.6 Å². The van der Waals surface area contributed by atoms with E-state index in [-0.39, 0.29) is 0 Å². The van der Waals surface area contributed by atoms with E-state index in [2.05, 4.69) is 66.7 Å². The van der Waals surface area contributed by atoms with Gasteiger partial charge in [-0.3, -0.25) is 4.98 Å². The lowest BCUT2D eigenvalue weighted by atomic mass is 9.83. The maximum atomic E-state index is 6.47. The number of hydrogen-bond acceptors (Lipinski definition) is 2. The van der Waals surface area contributed by atoms with Gasteiger partial charge in [-0.25, -0.2) is 0 Å². The first-order chi connectivity index (χ1) is 15.3. The fourth-order valence-electron chi connectivity index (χ4n) is 5.66. The van der Waals surface area contributed by atoms with Crippen molar-refractivity contribution >= 4 is 32.3 Å². The number of ether oxygens (including phenoxy) is 1. The predicted molar refractivity (Wildman–Crippen MR) is 128 cm³/mol. The van der Waals surface area contributed by atoms with E-state index in [1.165, 1.54) is 64.6 Å². The minimum absolute atomic E-state index is 0.699. The number of hydrogen-bond donors (Lipinski definition) is 0. The van der Waals surface area contributed by atoms with Crippen LogP contribution in [-0.2, 0) is 0 Å². The van der Waals surface area contributed by atoms with Crippen LogP contribution in [0.5, 0.6) is 11.5 Å². The van der Waals surface area contributed by atoms with Crippen molar-refractivity contribution in [3.05, 3.63) is 78.5 Å². The number of nitrogens with zero attached hydrogens (tertiary/aromatic N) is 1. The van der Waals surface area contributed by atoms with Gasteiger partial charge in [-0.1, -0.05) is 61.7 Å². The van der Waals surface area contributed by atoms with E-state index in [0.29, 0.717) is 5.92 Å². The molecular formula is C29H23NO. The maximum Gasteiger partial charge on any atom is 0.138 e. The Morgan fingerprint density at radius 2 is 1.52 bits per heavy atom. The second-order valence-corrected chi connectivity index (χ2v) is 9.07. The number of aromatic nitrogens is 1. The Bertz CT molecular complexity index is 1490. The van der Waals surface area contributed by atoms with E-state index in [9.17, 15) is 0 Å². The lowest BCUT2D eigenvalue weighted by Crippen LogP contribution is -2.04. The van der Waals surface area contributed by atoms with Crippen LogP contribution in [0.2, 0.25) is 0 Å². The molecule has 1 aliphatic carbocycles. The van der Waals surface area contributed by atoms with Crippen LogP contribution in [0.15, 0.2) is 72.9 Å². The Balaban J connectivity index is 1.49. The molecule has 0 saturated heterocycles. The molecule has 1 aliphatic heterocycles. The van der Waals surface area contributed by atoms with Gasteiger partial charge in [0.05, 0.1) is 11.1 Å². The van der Waals surface area contributed by atoms with E-state index in [0.717, 1.165) is 28.1 Å². The molecule has 1 fully saturated rings. The molecule has 2 heteroatoms. The standard InChI is InChI=1S/C29H23NO/c1-2-6-18(7-3-1)21-10-11-22-17-27-28-23(24(22)14-21)12-13-30-29(28)25-15-19-8-4-5-9-20(19)16-26(25)31-27/h4-5,8-18H,1-3,6-7H2. The Morgan fingerprint density at radius 1 is 0.710 bits per heavy atom. The maximum absolute atomic E-state index is 6.47. The van der Waals surface area contributed by atoms with E-state index >= 15 is 0 Å². The monoisotopic (exact) mass is 401 g/mol. The summed E-state index contributed by atoms with van der Waals surface area (Å²) < 4.78 is 6.47. The third-order valence-electron chi connectivity index (χ3n) is 7.25.